The van der Waals surface area contributed by atoms with Gasteiger partial charge < -0.3 is 4.90 Å². The molecule has 0 N–H and O–H groups in total. The summed E-state index contributed by atoms with van der Waals surface area (Å²) >= 11 is 0. The van der Waals surface area contributed by atoms with Crippen molar-refractivity contribution in [2.45, 2.75) is 50.8 Å². The fraction of sp³-hybridized carbons (Fsp3) is 0.579. The molecule has 0 unspecified atom stereocenters. The minimum absolute atomic E-state index is 0.129. The topological polar surface area (TPSA) is 81.5 Å². The molecule has 1 aliphatic heterocycles. The Hall–Kier alpha value is -1.91. The normalized spacial score (nSPS) is 18.8. The van der Waals surface area contributed by atoms with Gasteiger partial charge in [0.15, 0.2) is 0 Å². The molecule has 0 aromatic heterocycles. The summed E-state index contributed by atoms with van der Waals surface area (Å²) in [6, 6.07) is 7.24. The molecule has 0 spiro atoms. The molecule has 0 bridgehead atoms. The summed E-state index contributed by atoms with van der Waals surface area (Å²) < 4.78 is 26.9. The van der Waals surface area contributed by atoms with Crippen LogP contribution in [0.1, 0.15) is 45.1 Å². The zero-order chi connectivity index (χ0) is 18.9. The largest absolute Gasteiger partial charge is 0.310 e. The van der Waals surface area contributed by atoms with Crippen molar-refractivity contribution in [2.75, 3.05) is 24.5 Å². The van der Waals surface area contributed by atoms with Crippen LogP contribution in [0.5, 0.6) is 0 Å². The first-order valence-corrected chi connectivity index (χ1v) is 10.7. The van der Waals surface area contributed by atoms with E-state index >= 15 is 0 Å². The first kappa shape index (κ1) is 18.9. The molecule has 1 aromatic rings. The zero-order valence-electron chi connectivity index (χ0n) is 15.4. The van der Waals surface area contributed by atoms with Crippen LogP contribution in [0.2, 0.25) is 0 Å². The molecule has 7 heteroatoms. The third-order valence-electron chi connectivity index (χ3n) is 5.62. The molecule has 2 aliphatic rings. The van der Waals surface area contributed by atoms with Crippen LogP contribution in [0.15, 0.2) is 23.1 Å². The van der Waals surface area contributed by atoms with E-state index in [1.54, 1.807) is 23.1 Å². The maximum Gasteiger partial charge on any atom is 0.247 e. The minimum Gasteiger partial charge on any atom is -0.310 e. The van der Waals surface area contributed by atoms with Gasteiger partial charge in [0.05, 0.1) is 11.0 Å². The number of fused-ring (bicyclic) bond motifs is 1. The number of hydrogen-bond acceptors (Lipinski definition) is 4. The molecule has 1 fully saturated rings. The average Bonchev–Trinajstić information content (AvgIpc) is 3.29. The number of sulfonamides is 1. The molecular weight excluding hydrogens is 350 g/mol. The Balaban J connectivity index is 1.92. The quantitative estimate of drug-likeness (QED) is 0.792. The smallest absolute Gasteiger partial charge is 0.247 e. The van der Waals surface area contributed by atoms with E-state index in [1.807, 2.05) is 13.8 Å². The van der Waals surface area contributed by atoms with Crippen molar-refractivity contribution in [2.24, 2.45) is 5.41 Å². The lowest BCUT2D eigenvalue weighted by Crippen LogP contribution is -2.41. The number of hydrogen-bond donors (Lipinski definition) is 0. The third kappa shape index (κ3) is 2.91. The molecule has 6 nitrogen and oxygen atoms in total. The Kier molecular flexibility index (Phi) is 5.09. The van der Waals surface area contributed by atoms with Gasteiger partial charge in [-0.2, -0.15) is 9.57 Å². The van der Waals surface area contributed by atoms with Crippen molar-refractivity contribution >= 4 is 21.6 Å². The molecule has 140 valence electrons. The standard InChI is InChI=1S/C19H25N3O3S/c1-3-21(4-2)26(24,25)16-7-8-17-15(13-16)9-12-22(17)18(23)19(14-20)10-5-6-11-19/h7-8,13H,3-6,9-12H2,1-2H3. The van der Waals surface area contributed by atoms with Gasteiger partial charge in [-0.3, -0.25) is 4.79 Å². The molecule has 1 heterocycles. The Morgan fingerprint density at radius 2 is 1.92 bits per heavy atom. The van der Waals surface area contributed by atoms with E-state index in [0.29, 0.717) is 38.9 Å². The van der Waals surface area contributed by atoms with E-state index < -0.39 is 15.4 Å². The number of benzene rings is 1. The lowest BCUT2D eigenvalue weighted by atomic mass is 9.86. The van der Waals surface area contributed by atoms with E-state index in [0.717, 1.165) is 24.1 Å². The molecule has 0 saturated heterocycles. The average molecular weight is 375 g/mol. The number of rotatable bonds is 5. The van der Waals surface area contributed by atoms with E-state index in [4.69, 9.17) is 0 Å². The van der Waals surface area contributed by atoms with Gasteiger partial charge >= 0.3 is 0 Å². The van der Waals surface area contributed by atoms with E-state index in [1.165, 1.54) is 4.31 Å². The van der Waals surface area contributed by atoms with Crippen LogP contribution in [-0.4, -0.2) is 38.3 Å². The highest BCUT2D eigenvalue weighted by Crippen LogP contribution is 2.42. The second-order valence-corrected chi connectivity index (χ2v) is 8.93. The van der Waals surface area contributed by atoms with Crippen molar-refractivity contribution in [1.29, 1.82) is 5.26 Å². The van der Waals surface area contributed by atoms with Gasteiger partial charge in [-0.1, -0.05) is 26.7 Å². The van der Waals surface area contributed by atoms with Crippen LogP contribution in [0, 0.1) is 16.7 Å². The third-order valence-corrected chi connectivity index (χ3v) is 7.66. The number of anilines is 1. The predicted molar refractivity (Wildman–Crippen MR) is 99.1 cm³/mol. The van der Waals surface area contributed by atoms with Crippen LogP contribution in [0.25, 0.3) is 0 Å². The summed E-state index contributed by atoms with van der Waals surface area (Å²) in [6.07, 6.45) is 3.65. The van der Waals surface area contributed by atoms with Crippen LogP contribution in [0.3, 0.4) is 0 Å². The SMILES string of the molecule is CCN(CC)S(=O)(=O)c1ccc2c(c1)CCN2C(=O)C1(C#N)CCCC1. The van der Waals surface area contributed by atoms with Crippen molar-refractivity contribution < 1.29 is 13.2 Å². The zero-order valence-corrected chi connectivity index (χ0v) is 16.2. The van der Waals surface area contributed by atoms with Crippen molar-refractivity contribution in [3.8, 4) is 6.07 Å². The monoisotopic (exact) mass is 375 g/mol. The molecule has 3 rings (SSSR count). The maximum absolute atomic E-state index is 13.0. The summed E-state index contributed by atoms with van der Waals surface area (Å²) in [7, 11) is -3.52. The summed E-state index contributed by atoms with van der Waals surface area (Å²) in [5.74, 6) is -0.129. The predicted octanol–water partition coefficient (Wildman–Crippen LogP) is 2.69. The van der Waals surface area contributed by atoms with Crippen LogP contribution >= 0.6 is 0 Å². The van der Waals surface area contributed by atoms with Gasteiger partial charge in [-0.05, 0) is 43.0 Å². The van der Waals surface area contributed by atoms with Crippen molar-refractivity contribution in [3.63, 3.8) is 0 Å². The molecular formula is C19H25N3O3S. The number of nitriles is 1. The molecule has 26 heavy (non-hydrogen) atoms. The number of nitrogens with zero attached hydrogens (tertiary/aromatic N) is 3. The molecule has 1 aliphatic carbocycles. The van der Waals surface area contributed by atoms with Crippen LogP contribution in [-0.2, 0) is 21.2 Å². The van der Waals surface area contributed by atoms with Crippen molar-refractivity contribution in [1.82, 2.24) is 4.31 Å². The Morgan fingerprint density at radius 3 is 2.50 bits per heavy atom. The number of carbonyl (C=O) groups is 1. The van der Waals surface area contributed by atoms with Gasteiger partial charge in [0.1, 0.15) is 5.41 Å². The highest BCUT2D eigenvalue weighted by atomic mass is 32.2. The summed E-state index contributed by atoms with van der Waals surface area (Å²) in [5, 5.41) is 9.58. The fourth-order valence-electron chi connectivity index (χ4n) is 4.07. The highest BCUT2D eigenvalue weighted by Gasteiger charge is 2.45. The van der Waals surface area contributed by atoms with Gasteiger partial charge in [0, 0.05) is 25.3 Å². The van der Waals surface area contributed by atoms with Crippen molar-refractivity contribution in [3.05, 3.63) is 23.8 Å². The van der Waals surface area contributed by atoms with E-state index in [2.05, 4.69) is 6.07 Å². The molecule has 1 saturated carbocycles. The second kappa shape index (κ2) is 7.01. The van der Waals surface area contributed by atoms with Gasteiger partial charge in [0.25, 0.3) is 0 Å². The Bertz CT molecular complexity index is 847. The fourth-order valence-corrected chi connectivity index (χ4v) is 5.58. The maximum atomic E-state index is 13.0. The van der Waals surface area contributed by atoms with Gasteiger partial charge in [-0.25, -0.2) is 8.42 Å². The summed E-state index contributed by atoms with van der Waals surface area (Å²) in [5.41, 5.74) is 0.695. The van der Waals surface area contributed by atoms with Gasteiger partial charge in [-0.15, -0.1) is 0 Å². The molecule has 1 aromatic carbocycles. The van der Waals surface area contributed by atoms with E-state index in [-0.39, 0.29) is 10.8 Å². The summed E-state index contributed by atoms with van der Waals surface area (Å²) in [6.45, 7) is 4.98. The number of amides is 1. The summed E-state index contributed by atoms with van der Waals surface area (Å²) in [4.78, 5) is 15.0. The number of carbonyl (C=O) groups excluding carboxylic acids is 1. The Morgan fingerprint density at radius 1 is 1.27 bits per heavy atom. The second-order valence-electron chi connectivity index (χ2n) is 6.99. The molecule has 0 atom stereocenters. The van der Waals surface area contributed by atoms with Crippen LogP contribution in [0.4, 0.5) is 5.69 Å². The first-order chi connectivity index (χ1) is 12.4. The molecule has 1 amide bonds. The molecule has 0 radical (unpaired) electrons. The lowest BCUT2D eigenvalue weighted by Gasteiger charge is -2.27. The Labute approximate surface area is 155 Å². The minimum atomic E-state index is -3.52. The lowest BCUT2D eigenvalue weighted by molar-refractivity contribution is -0.125. The first-order valence-electron chi connectivity index (χ1n) is 9.26. The highest BCUT2D eigenvalue weighted by molar-refractivity contribution is 7.89. The van der Waals surface area contributed by atoms with Crippen LogP contribution < -0.4 is 4.90 Å². The van der Waals surface area contributed by atoms with Gasteiger partial charge in [0.2, 0.25) is 15.9 Å². The van der Waals surface area contributed by atoms with E-state index in [9.17, 15) is 18.5 Å².